The summed E-state index contributed by atoms with van der Waals surface area (Å²) in [6.07, 6.45) is 11.9. The molecule has 0 spiro atoms. The van der Waals surface area contributed by atoms with Gasteiger partial charge in [-0.15, -0.1) is 0 Å². The molecule has 0 N–H and O–H groups in total. The fourth-order valence-electron chi connectivity index (χ4n) is 12.0. The van der Waals surface area contributed by atoms with Crippen molar-refractivity contribution < 1.29 is 9.15 Å². The SMILES string of the molecule is CC(C)c1ccnc(C2(c3cccc(C4(c5cccc(C6([N+]7=C=[N+](C)C=C7)c7ccccc7-c7ncccc76)c5)c5ccccc5-c5ncccc54)c3)c3ccccc3-c3ncccc32)c1. The minimum Gasteiger partial charge on any atom is -0.260 e. The summed E-state index contributed by atoms with van der Waals surface area (Å²) in [6, 6.07) is 66.2. The third-order valence-corrected chi connectivity index (χ3v) is 14.7. The lowest BCUT2D eigenvalue weighted by Crippen LogP contribution is -2.38. The summed E-state index contributed by atoms with van der Waals surface area (Å²) in [5.41, 5.74) is 17.8. The number of benzene rings is 5. The molecule has 1 aliphatic heterocycles. The Morgan fingerprint density at radius 3 is 1.52 bits per heavy atom. The van der Waals surface area contributed by atoms with Crippen LogP contribution in [0.25, 0.3) is 33.8 Å². The molecule has 3 aliphatic carbocycles. The molecule has 4 aromatic heterocycles. The lowest BCUT2D eigenvalue weighted by atomic mass is 9.64. The topological polar surface area (TPSA) is 57.6 Å². The van der Waals surface area contributed by atoms with Gasteiger partial charge in [-0.2, -0.15) is 0 Å². The predicted octanol–water partition coefficient (Wildman–Crippen LogP) is 11.7. The molecule has 6 heteroatoms. The van der Waals surface area contributed by atoms with Crippen LogP contribution in [0.15, 0.2) is 207 Å². The van der Waals surface area contributed by atoms with Gasteiger partial charge in [-0.05, 0) is 92.9 Å². The van der Waals surface area contributed by atoms with Crippen LogP contribution >= 0.6 is 0 Å². The molecule has 3 unspecified atom stereocenters. The molecule has 6 nitrogen and oxygen atoms in total. The predicted molar refractivity (Wildman–Crippen MR) is 259 cm³/mol. The Bertz CT molecular complexity index is 3470. The molecule has 5 heterocycles. The standard InChI is InChI=1S/C60H44N6/c1-39(2)40-28-32-61-54(35-40)59(49-23-8-5-20-46(49)56-52(59)26-13-30-63-56)43-17-10-15-41(36-43)58(48-22-7-4-19-45(48)55-51(58)25-12-29-62-55)42-16-11-18-44(37-42)60(66-34-33-65(3)38-66)50-24-9-6-21-47(50)57-53(60)27-14-31-64-57/h4-37,39H,1-3H3/q+2. The molecule has 0 saturated carbocycles. The van der Waals surface area contributed by atoms with Gasteiger partial charge in [-0.3, -0.25) is 19.9 Å². The Kier molecular flexibility index (Phi) is 8.22. The van der Waals surface area contributed by atoms with Crippen LogP contribution in [0.3, 0.4) is 0 Å². The van der Waals surface area contributed by atoms with Crippen LogP contribution in [-0.2, 0) is 16.4 Å². The van der Waals surface area contributed by atoms with Gasteiger partial charge in [0.2, 0.25) is 12.4 Å². The van der Waals surface area contributed by atoms with Crippen molar-refractivity contribution in [3.05, 3.63) is 274 Å². The van der Waals surface area contributed by atoms with E-state index < -0.39 is 16.4 Å². The van der Waals surface area contributed by atoms with Crippen LogP contribution in [-0.4, -0.2) is 42.1 Å². The van der Waals surface area contributed by atoms with Crippen molar-refractivity contribution in [3.8, 4) is 33.8 Å². The van der Waals surface area contributed by atoms with Crippen molar-refractivity contribution in [1.29, 1.82) is 0 Å². The Labute approximate surface area is 384 Å². The average molecular weight is 849 g/mol. The van der Waals surface area contributed by atoms with Gasteiger partial charge in [0.1, 0.15) is 0 Å². The number of nitrogens with zero attached hydrogens (tertiary/aromatic N) is 6. The van der Waals surface area contributed by atoms with Crippen LogP contribution in [0.5, 0.6) is 0 Å². The van der Waals surface area contributed by atoms with E-state index in [0.29, 0.717) is 5.92 Å². The Balaban J connectivity index is 1.14. The zero-order valence-electron chi connectivity index (χ0n) is 36.9. The van der Waals surface area contributed by atoms with Crippen molar-refractivity contribution in [2.45, 2.75) is 36.1 Å². The van der Waals surface area contributed by atoms with Gasteiger partial charge in [0.15, 0.2) is 7.05 Å². The first-order chi connectivity index (χ1) is 32.5. The van der Waals surface area contributed by atoms with Gasteiger partial charge < -0.3 is 0 Å². The number of hydrogen-bond acceptors (Lipinski definition) is 4. The first kappa shape index (κ1) is 38.3. The molecule has 66 heavy (non-hydrogen) atoms. The molecule has 0 saturated heterocycles. The summed E-state index contributed by atoms with van der Waals surface area (Å²) in [4.78, 5) is 20.6. The minimum atomic E-state index is -0.779. The van der Waals surface area contributed by atoms with E-state index >= 15 is 0 Å². The van der Waals surface area contributed by atoms with Gasteiger partial charge in [-0.1, -0.05) is 150 Å². The zero-order valence-corrected chi connectivity index (χ0v) is 36.9. The Morgan fingerprint density at radius 2 is 0.909 bits per heavy atom. The fourth-order valence-corrected chi connectivity index (χ4v) is 12.0. The summed E-state index contributed by atoms with van der Waals surface area (Å²) >= 11 is 0. The number of aromatic nitrogens is 4. The van der Waals surface area contributed by atoms with E-state index in [1.165, 1.54) is 22.3 Å². The number of fused-ring (bicyclic) bond motifs is 9. The molecule has 3 atom stereocenters. The summed E-state index contributed by atoms with van der Waals surface area (Å²) in [5.74, 6) is 0.319. The molecule has 0 amide bonds. The fraction of sp³-hybridized carbons (Fsp3) is 0.117. The summed E-state index contributed by atoms with van der Waals surface area (Å²) in [5, 5.41) is 0. The average Bonchev–Trinajstić information content (AvgIpc) is 4.11. The van der Waals surface area contributed by atoms with Crippen LogP contribution in [0.1, 0.15) is 86.7 Å². The van der Waals surface area contributed by atoms with Crippen molar-refractivity contribution in [2.75, 3.05) is 7.05 Å². The zero-order chi connectivity index (χ0) is 44.2. The van der Waals surface area contributed by atoms with Gasteiger partial charge in [0, 0.05) is 52.6 Å². The maximum atomic E-state index is 5.31. The van der Waals surface area contributed by atoms with E-state index in [1.807, 2.05) is 36.4 Å². The largest absolute Gasteiger partial charge is 0.490 e. The normalized spacial score (nSPS) is 20.2. The molecular formula is C60H44N6+2. The van der Waals surface area contributed by atoms with E-state index in [0.717, 1.165) is 78.4 Å². The summed E-state index contributed by atoms with van der Waals surface area (Å²) in [6.45, 7) is 4.51. The quantitative estimate of drug-likeness (QED) is 0.150. The third kappa shape index (κ3) is 4.91. The smallest absolute Gasteiger partial charge is 0.260 e. The minimum absolute atomic E-state index is 0.319. The van der Waals surface area contributed by atoms with Crippen LogP contribution < -0.4 is 0 Å². The van der Waals surface area contributed by atoms with Crippen LogP contribution in [0, 0.1) is 0 Å². The maximum Gasteiger partial charge on any atom is 0.490 e. The second kappa shape index (κ2) is 14.2. The molecule has 4 aliphatic rings. The molecule has 0 fully saturated rings. The number of rotatable bonds is 7. The van der Waals surface area contributed by atoms with Gasteiger partial charge in [-0.25, -0.2) is 0 Å². The van der Waals surface area contributed by atoms with Gasteiger partial charge in [0.05, 0.1) is 39.2 Å². The monoisotopic (exact) mass is 848 g/mol. The van der Waals surface area contributed by atoms with E-state index in [1.54, 1.807) is 0 Å². The van der Waals surface area contributed by atoms with Crippen LogP contribution in [0.2, 0.25) is 0 Å². The second-order valence-corrected chi connectivity index (χ2v) is 18.2. The van der Waals surface area contributed by atoms with E-state index in [-0.39, 0.29) is 0 Å². The Hall–Kier alpha value is -8.18. The molecule has 9 aromatic rings. The van der Waals surface area contributed by atoms with E-state index in [2.05, 4.69) is 207 Å². The summed E-state index contributed by atoms with van der Waals surface area (Å²) in [7, 11) is 2.03. The van der Waals surface area contributed by atoms with Crippen molar-refractivity contribution in [1.82, 2.24) is 19.9 Å². The Morgan fingerprint density at radius 1 is 0.424 bits per heavy atom. The highest BCUT2D eigenvalue weighted by atomic mass is 15.2. The highest BCUT2D eigenvalue weighted by Crippen LogP contribution is 2.60. The van der Waals surface area contributed by atoms with Crippen molar-refractivity contribution >= 4 is 6.01 Å². The highest BCUT2D eigenvalue weighted by Gasteiger charge is 2.58. The molecule has 0 radical (unpaired) electrons. The maximum absolute atomic E-state index is 5.31. The van der Waals surface area contributed by atoms with Crippen molar-refractivity contribution in [3.63, 3.8) is 0 Å². The molecule has 13 rings (SSSR count). The molecule has 5 aromatic carbocycles. The lowest BCUT2D eigenvalue weighted by molar-refractivity contribution is -0.533. The highest BCUT2D eigenvalue weighted by molar-refractivity contribution is 5.87. The van der Waals surface area contributed by atoms with Gasteiger partial charge >= 0.3 is 6.01 Å². The van der Waals surface area contributed by atoms with E-state index in [4.69, 9.17) is 19.9 Å². The first-order valence-electron chi connectivity index (χ1n) is 22.8. The summed E-state index contributed by atoms with van der Waals surface area (Å²) < 4.78 is 4.25. The van der Waals surface area contributed by atoms with E-state index in [9.17, 15) is 0 Å². The molecule has 312 valence electrons. The van der Waals surface area contributed by atoms with Crippen molar-refractivity contribution in [2.24, 2.45) is 0 Å². The number of hydrogen-bond donors (Lipinski definition) is 0. The first-order valence-corrected chi connectivity index (χ1v) is 22.8. The third-order valence-electron chi connectivity index (χ3n) is 14.7. The van der Waals surface area contributed by atoms with Gasteiger partial charge in [0.25, 0.3) is 5.54 Å². The molecule has 0 bridgehead atoms. The van der Waals surface area contributed by atoms with Crippen LogP contribution in [0.4, 0.5) is 0 Å². The number of pyridine rings is 4. The molecular weight excluding hydrogens is 805 g/mol. The lowest BCUT2D eigenvalue weighted by Gasteiger charge is -2.37. The second-order valence-electron chi connectivity index (χ2n) is 18.2.